The van der Waals surface area contributed by atoms with Gasteiger partial charge in [-0.2, -0.15) is 0 Å². The molecule has 0 bridgehead atoms. The maximum absolute atomic E-state index is 12.3. The summed E-state index contributed by atoms with van der Waals surface area (Å²) in [6, 6.07) is 7.67. The number of nitrogens with one attached hydrogen (secondary N) is 1. The number of carbonyl (C=O) groups is 1. The second kappa shape index (κ2) is 6.30. The Morgan fingerprint density at radius 1 is 1.37 bits per heavy atom. The van der Waals surface area contributed by atoms with E-state index in [0.717, 1.165) is 4.88 Å². The van der Waals surface area contributed by atoms with Gasteiger partial charge in [0.05, 0.1) is 6.04 Å². The van der Waals surface area contributed by atoms with E-state index < -0.39 is 0 Å². The number of rotatable bonds is 4. The predicted octanol–water partition coefficient (Wildman–Crippen LogP) is 4.03. The molecule has 0 radical (unpaired) electrons. The summed E-state index contributed by atoms with van der Waals surface area (Å²) in [4.78, 5) is 17.6. The van der Waals surface area contributed by atoms with Crippen molar-refractivity contribution in [2.24, 2.45) is 5.92 Å². The average molecular weight is 339 g/mol. The molecular formula is C14H15BrN2OS. The number of hydrogen-bond donors (Lipinski definition) is 1. The second-order valence-electron chi connectivity index (χ2n) is 4.54. The number of nitrogens with zero attached hydrogens (tertiary/aromatic N) is 1. The van der Waals surface area contributed by atoms with Crippen molar-refractivity contribution in [1.29, 1.82) is 0 Å². The van der Waals surface area contributed by atoms with E-state index in [4.69, 9.17) is 0 Å². The lowest BCUT2D eigenvalue weighted by atomic mass is 10.0. The molecule has 2 rings (SSSR count). The third-order valence-electron chi connectivity index (χ3n) is 2.78. The van der Waals surface area contributed by atoms with Crippen LogP contribution >= 0.6 is 27.3 Å². The van der Waals surface area contributed by atoms with E-state index in [9.17, 15) is 4.79 Å². The Morgan fingerprint density at radius 3 is 2.74 bits per heavy atom. The van der Waals surface area contributed by atoms with Gasteiger partial charge in [0.2, 0.25) is 0 Å². The van der Waals surface area contributed by atoms with Gasteiger partial charge in [0, 0.05) is 15.5 Å². The summed E-state index contributed by atoms with van der Waals surface area (Å²) < 4.78 is 0.709. The highest BCUT2D eigenvalue weighted by atomic mass is 79.9. The van der Waals surface area contributed by atoms with Gasteiger partial charge in [0.1, 0.15) is 5.69 Å². The lowest BCUT2D eigenvalue weighted by Gasteiger charge is -2.21. The Morgan fingerprint density at radius 2 is 2.16 bits per heavy atom. The number of halogens is 1. The molecule has 0 fully saturated rings. The highest BCUT2D eigenvalue weighted by Crippen LogP contribution is 2.26. The van der Waals surface area contributed by atoms with Crippen molar-refractivity contribution in [1.82, 2.24) is 10.3 Å². The summed E-state index contributed by atoms with van der Waals surface area (Å²) in [6.45, 7) is 4.19. The van der Waals surface area contributed by atoms with Gasteiger partial charge in [-0.15, -0.1) is 11.3 Å². The molecule has 19 heavy (non-hydrogen) atoms. The highest BCUT2D eigenvalue weighted by Gasteiger charge is 2.21. The minimum absolute atomic E-state index is 0.0152. The van der Waals surface area contributed by atoms with Crippen molar-refractivity contribution in [3.05, 3.63) is 50.9 Å². The first-order chi connectivity index (χ1) is 9.09. The van der Waals surface area contributed by atoms with E-state index in [-0.39, 0.29) is 11.9 Å². The van der Waals surface area contributed by atoms with Gasteiger partial charge < -0.3 is 5.32 Å². The Hall–Kier alpha value is -1.20. The van der Waals surface area contributed by atoms with Crippen LogP contribution in [0, 0.1) is 5.92 Å². The first kappa shape index (κ1) is 14.2. The van der Waals surface area contributed by atoms with Gasteiger partial charge in [0.25, 0.3) is 5.91 Å². The summed E-state index contributed by atoms with van der Waals surface area (Å²) in [7, 11) is 0. The Labute approximate surface area is 125 Å². The summed E-state index contributed by atoms with van der Waals surface area (Å²) in [5.74, 6) is 0.171. The van der Waals surface area contributed by atoms with Crippen LogP contribution in [-0.4, -0.2) is 10.9 Å². The Bertz CT molecular complexity index is 554. The molecule has 0 aliphatic rings. The van der Waals surface area contributed by atoms with E-state index in [1.54, 1.807) is 23.6 Å². The number of carbonyl (C=O) groups excluding carboxylic acids is 1. The summed E-state index contributed by atoms with van der Waals surface area (Å²) in [6.07, 6.45) is 1.62. The van der Waals surface area contributed by atoms with E-state index in [0.29, 0.717) is 16.1 Å². The first-order valence-electron chi connectivity index (χ1n) is 6.04. The molecule has 2 aromatic rings. The monoisotopic (exact) mass is 338 g/mol. The normalized spacial score (nSPS) is 12.4. The number of amides is 1. The van der Waals surface area contributed by atoms with E-state index in [2.05, 4.69) is 40.1 Å². The molecule has 0 aromatic carbocycles. The fraction of sp³-hybridized carbons (Fsp3) is 0.286. The zero-order chi connectivity index (χ0) is 13.8. The van der Waals surface area contributed by atoms with E-state index >= 15 is 0 Å². The minimum atomic E-state index is -0.153. The average Bonchev–Trinajstić information content (AvgIpc) is 2.89. The first-order valence-corrected chi connectivity index (χ1v) is 7.71. The lowest BCUT2D eigenvalue weighted by Crippen LogP contribution is -2.32. The lowest BCUT2D eigenvalue weighted by molar-refractivity contribution is 0.0920. The van der Waals surface area contributed by atoms with Gasteiger partial charge in [-0.05, 0) is 45.4 Å². The van der Waals surface area contributed by atoms with E-state index in [1.807, 2.05) is 23.6 Å². The van der Waals surface area contributed by atoms with Crippen molar-refractivity contribution in [2.45, 2.75) is 19.9 Å². The smallest absolute Gasteiger partial charge is 0.271 e. The quantitative estimate of drug-likeness (QED) is 0.914. The fourth-order valence-corrected chi connectivity index (χ4v) is 3.18. The zero-order valence-electron chi connectivity index (χ0n) is 10.8. The molecule has 1 atom stereocenters. The highest BCUT2D eigenvalue weighted by molar-refractivity contribution is 9.10. The van der Waals surface area contributed by atoms with Crippen LogP contribution in [0.3, 0.4) is 0 Å². The maximum Gasteiger partial charge on any atom is 0.271 e. The topological polar surface area (TPSA) is 42.0 Å². The van der Waals surface area contributed by atoms with Crippen LogP contribution in [0.25, 0.3) is 0 Å². The number of aromatic nitrogens is 1. The van der Waals surface area contributed by atoms with Crippen LogP contribution in [0.2, 0.25) is 0 Å². The van der Waals surface area contributed by atoms with Gasteiger partial charge >= 0.3 is 0 Å². The van der Waals surface area contributed by atoms with Crippen molar-refractivity contribution >= 4 is 33.2 Å². The van der Waals surface area contributed by atoms with Crippen molar-refractivity contribution in [3.63, 3.8) is 0 Å². The third kappa shape index (κ3) is 3.42. The SMILES string of the molecule is CC(C)C(NC(=O)c1ncccc1Br)c1cccs1. The van der Waals surface area contributed by atoms with E-state index in [1.165, 1.54) is 0 Å². The van der Waals surface area contributed by atoms with Crippen LogP contribution in [0.1, 0.15) is 35.3 Å². The molecule has 1 amide bonds. The molecule has 1 unspecified atom stereocenters. The van der Waals surface area contributed by atoms with Gasteiger partial charge in [-0.25, -0.2) is 4.98 Å². The molecule has 2 aromatic heterocycles. The molecule has 2 heterocycles. The summed E-state index contributed by atoms with van der Waals surface area (Å²) in [5, 5.41) is 5.08. The predicted molar refractivity (Wildman–Crippen MR) is 81.3 cm³/mol. The molecule has 1 N–H and O–H groups in total. The molecular weight excluding hydrogens is 324 g/mol. The van der Waals surface area contributed by atoms with Crippen molar-refractivity contribution < 1.29 is 4.79 Å². The van der Waals surface area contributed by atoms with Crippen molar-refractivity contribution in [3.8, 4) is 0 Å². The van der Waals surface area contributed by atoms with Crippen LogP contribution < -0.4 is 5.32 Å². The molecule has 3 nitrogen and oxygen atoms in total. The number of hydrogen-bond acceptors (Lipinski definition) is 3. The summed E-state index contributed by atoms with van der Waals surface area (Å²) in [5.41, 5.74) is 0.421. The fourth-order valence-electron chi connectivity index (χ4n) is 1.80. The van der Waals surface area contributed by atoms with Gasteiger partial charge in [0.15, 0.2) is 0 Å². The van der Waals surface area contributed by atoms with Crippen LogP contribution in [-0.2, 0) is 0 Å². The Balaban J connectivity index is 2.19. The summed E-state index contributed by atoms with van der Waals surface area (Å²) >= 11 is 5.01. The number of thiophene rings is 1. The molecule has 0 aliphatic heterocycles. The molecule has 0 saturated carbocycles. The minimum Gasteiger partial charge on any atom is -0.343 e. The molecule has 100 valence electrons. The van der Waals surface area contributed by atoms with Crippen molar-refractivity contribution in [2.75, 3.05) is 0 Å². The Kier molecular flexibility index (Phi) is 4.71. The van der Waals surface area contributed by atoms with Crippen LogP contribution in [0.5, 0.6) is 0 Å². The van der Waals surface area contributed by atoms with Crippen LogP contribution in [0.4, 0.5) is 0 Å². The standard InChI is InChI=1S/C14H15BrN2OS/c1-9(2)12(11-6-4-8-19-11)17-14(18)13-10(15)5-3-7-16-13/h3-9,12H,1-2H3,(H,17,18). The number of pyridine rings is 1. The van der Waals surface area contributed by atoms with Crippen LogP contribution in [0.15, 0.2) is 40.3 Å². The molecule has 0 saturated heterocycles. The molecule has 0 spiro atoms. The maximum atomic E-state index is 12.3. The third-order valence-corrected chi connectivity index (χ3v) is 4.37. The zero-order valence-corrected chi connectivity index (χ0v) is 13.2. The van der Waals surface area contributed by atoms with Gasteiger partial charge in [-0.3, -0.25) is 4.79 Å². The largest absolute Gasteiger partial charge is 0.343 e. The van der Waals surface area contributed by atoms with Gasteiger partial charge in [-0.1, -0.05) is 19.9 Å². The molecule has 0 aliphatic carbocycles. The molecule has 5 heteroatoms. The second-order valence-corrected chi connectivity index (χ2v) is 6.38.